The van der Waals surface area contributed by atoms with E-state index >= 15 is 0 Å². The normalized spacial score (nSPS) is 12.5. The number of halogens is 2. The highest BCUT2D eigenvalue weighted by molar-refractivity contribution is 9.10. The van der Waals surface area contributed by atoms with Crippen LogP contribution < -0.4 is 11.1 Å². The molecule has 0 aliphatic carbocycles. The molecule has 1 atom stereocenters. The molecule has 19 heavy (non-hydrogen) atoms. The van der Waals surface area contributed by atoms with Crippen LogP contribution in [0, 0.1) is 12.7 Å². The predicted octanol–water partition coefficient (Wildman–Crippen LogP) is 2.74. The number of nitrogens with two attached hydrogens (primary N) is 1. The molecular formula is C13H16BrFN4. The fourth-order valence-corrected chi connectivity index (χ4v) is 2.39. The summed E-state index contributed by atoms with van der Waals surface area (Å²) in [7, 11) is 1.87. The van der Waals surface area contributed by atoms with Gasteiger partial charge in [0, 0.05) is 31.0 Å². The Morgan fingerprint density at radius 1 is 1.53 bits per heavy atom. The van der Waals surface area contributed by atoms with Gasteiger partial charge >= 0.3 is 0 Å². The Kier molecular flexibility index (Phi) is 4.21. The smallest absolute Gasteiger partial charge is 0.137 e. The van der Waals surface area contributed by atoms with Gasteiger partial charge in [0.05, 0.1) is 16.2 Å². The van der Waals surface area contributed by atoms with Crippen molar-refractivity contribution >= 4 is 21.6 Å². The first-order chi connectivity index (χ1) is 9.01. The Balaban J connectivity index is 2.23. The highest BCUT2D eigenvalue weighted by atomic mass is 79.9. The number of nitrogens with one attached hydrogen (secondary N) is 1. The van der Waals surface area contributed by atoms with Crippen LogP contribution in [0.2, 0.25) is 0 Å². The Morgan fingerprint density at radius 3 is 2.79 bits per heavy atom. The van der Waals surface area contributed by atoms with Crippen molar-refractivity contribution in [2.75, 3.05) is 11.9 Å². The molecular weight excluding hydrogens is 311 g/mol. The lowest BCUT2D eigenvalue weighted by Gasteiger charge is -2.18. The largest absolute Gasteiger partial charge is 0.377 e. The van der Waals surface area contributed by atoms with Crippen LogP contribution in [0.4, 0.5) is 10.1 Å². The summed E-state index contributed by atoms with van der Waals surface area (Å²) >= 11 is 3.17. The molecule has 0 amide bonds. The van der Waals surface area contributed by atoms with Gasteiger partial charge in [0.25, 0.3) is 0 Å². The molecule has 0 aliphatic heterocycles. The first-order valence-corrected chi connectivity index (χ1v) is 6.72. The summed E-state index contributed by atoms with van der Waals surface area (Å²) in [6, 6.07) is 4.75. The molecule has 0 spiro atoms. The minimum absolute atomic E-state index is 0.0499. The first-order valence-electron chi connectivity index (χ1n) is 5.93. The fraction of sp³-hybridized carbons (Fsp3) is 0.308. The maximum absolute atomic E-state index is 13.2. The third-order valence-corrected chi connectivity index (χ3v) is 3.53. The van der Waals surface area contributed by atoms with Gasteiger partial charge in [0.15, 0.2) is 0 Å². The zero-order valence-electron chi connectivity index (χ0n) is 10.8. The molecule has 0 bridgehead atoms. The summed E-state index contributed by atoms with van der Waals surface area (Å²) < 4.78 is 15.4. The van der Waals surface area contributed by atoms with E-state index in [1.165, 1.54) is 6.07 Å². The number of rotatable bonds is 4. The SMILES string of the molecule is Cc1nn(C)cc1C(CN)Nc1ccc(F)c(Br)c1. The standard InChI is InChI=1S/C13H16BrFN4/c1-8-10(7-19(2)18-8)13(6-16)17-9-3-4-12(15)11(14)5-9/h3-5,7,13,17H,6,16H2,1-2H3. The number of hydrogen-bond acceptors (Lipinski definition) is 3. The lowest BCUT2D eigenvalue weighted by atomic mass is 10.1. The number of nitrogens with zero attached hydrogens (tertiary/aromatic N) is 2. The molecule has 6 heteroatoms. The fourth-order valence-electron chi connectivity index (χ4n) is 2.01. The van der Waals surface area contributed by atoms with Crippen molar-refractivity contribution in [3.63, 3.8) is 0 Å². The topological polar surface area (TPSA) is 55.9 Å². The molecule has 1 unspecified atom stereocenters. The van der Waals surface area contributed by atoms with Crippen molar-refractivity contribution in [3.8, 4) is 0 Å². The number of anilines is 1. The van der Waals surface area contributed by atoms with E-state index in [-0.39, 0.29) is 11.9 Å². The van der Waals surface area contributed by atoms with Crippen LogP contribution in [0.25, 0.3) is 0 Å². The zero-order valence-corrected chi connectivity index (χ0v) is 12.4. The molecule has 0 radical (unpaired) electrons. The van der Waals surface area contributed by atoms with Gasteiger partial charge in [0.1, 0.15) is 5.82 Å². The third-order valence-electron chi connectivity index (χ3n) is 2.92. The summed E-state index contributed by atoms with van der Waals surface area (Å²) in [4.78, 5) is 0. The Bertz CT molecular complexity index is 582. The zero-order chi connectivity index (χ0) is 14.0. The van der Waals surface area contributed by atoms with E-state index in [0.29, 0.717) is 11.0 Å². The maximum atomic E-state index is 13.2. The van der Waals surface area contributed by atoms with Crippen LogP contribution in [-0.4, -0.2) is 16.3 Å². The molecule has 1 aromatic heterocycles. The van der Waals surface area contributed by atoms with Crippen molar-refractivity contribution in [1.29, 1.82) is 0 Å². The van der Waals surface area contributed by atoms with E-state index in [1.54, 1.807) is 16.8 Å². The number of hydrogen-bond donors (Lipinski definition) is 2. The number of aryl methyl sites for hydroxylation is 2. The van der Waals surface area contributed by atoms with Gasteiger partial charge < -0.3 is 11.1 Å². The molecule has 102 valence electrons. The Morgan fingerprint density at radius 2 is 2.26 bits per heavy atom. The van der Waals surface area contributed by atoms with Gasteiger partial charge in [0.2, 0.25) is 0 Å². The first kappa shape index (κ1) is 14.0. The minimum Gasteiger partial charge on any atom is -0.377 e. The van der Waals surface area contributed by atoms with Crippen LogP contribution >= 0.6 is 15.9 Å². The van der Waals surface area contributed by atoms with Crippen LogP contribution in [0.5, 0.6) is 0 Å². The van der Waals surface area contributed by atoms with Crippen molar-refractivity contribution in [2.24, 2.45) is 12.8 Å². The monoisotopic (exact) mass is 326 g/mol. The second-order valence-corrected chi connectivity index (χ2v) is 5.26. The summed E-state index contributed by atoms with van der Waals surface area (Å²) in [5.74, 6) is -0.285. The summed E-state index contributed by atoms with van der Waals surface area (Å²) in [5, 5.41) is 7.60. The lowest BCUT2D eigenvalue weighted by Crippen LogP contribution is -2.21. The Hall–Kier alpha value is -1.40. The number of benzene rings is 1. The van der Waals surface area contributed by atoms with E-state index in [0.717, 1.165) is 16.9 Å². The van der Waals surface area contributed by atoms with E-state index in [4.69, 9.17) is 5.73 Å². The van der Waals surface area contributed by atoms with Gasteiger partial charge in [-0.05, 0) is 41.1 Å². The van der Waals surface area contributed by atoms with E-state index in [9.17, 15) is 4.39 Å². The second kappa shape index (κ2) is 5.71. The summed E-state index contributed by atoms with van der Waals surface area (Å²) in [6.45, 7) is 2.38. The molecule has 0 saturated carbocycles. The lowest BCUT2D eigenvalue weighted by molar-refractivity contribution is 0.621. The molecule has 0 saturated heterocycles. The molecule has 1 aromatic carbocycles. The molecule has 3 N–H and O–H groups in total. The van der Waals surface area contributed by atoms with Crippen molar-refractivity contribution in [1.82, 2.24) is 9.78 Å². The van der Waals surface area contributed by atoms with E-state index in [2.05, 4.69) is 26.3 Å². The highest BCUT2D eigenvalue weighted by Crippen LogP contribution is 2.24. The van der Waals surface area contributed by atoms with Crippen molar-refractivity contribution in [3.05, 3.63) is 45.9 Å². The summed E-state index contributed by atoms with van der Waals surface area (Å²) in [5.41, 5.74) is 8.61. The molecule has 0 aliphatic rings. The van der Waals surface area contributed by atoms with Crippen LogP contribution in [-0.2, 0) is 7.05 Å². The van der Waals surface area contributed by atoms with Crippen LogP contribution in [0.3, 0.4) is 0 Å². The predicted molar refractivity (Wildman–Crippen MR) is 77.5 cm³/mol. The van der Waals surface area contributed by atoms with Crippen molar-refractivity contribution in [2.45, 2.75) is 13.0 Å². The molecule has 1 heterocycles. The van der Waals surface area contributed by atoms with E-state index < -0.39 is 0 Å². The van der Waals surface area contributed by atoms with Crippen LogP contribution in [0.15, 0.2) is 28.9 Å². The molecule has 0 fully saturated rings. The van der Waals surface area contributed by atoms with Gasteiger partial charge in [-0.15, -0.1) is 0 Å². The Labute approximate surface area is 119 Å². The highest BCUT2D eigenvalue weighted by Gasteiger charge is 2.15. The molecule has 4 nitrogen and oxygen atoms in total. The van der Waals surface area contributed by atoms with Gasteiger partial charge in [-0.25, -0.2) is 4.39 Å². The second-order valence-electron chi connectivity index (χ2n) is 4.41. The van der Waals surface area contributed by atoms with Crippen LogP contribution in [0.1, 0.15) is 17.3 Å². The number of aromatic nitrogens is 2. The third kappa shape index (κ3) is 3.13. The minimum atomic E-state index is -0.285. The van der Waals surface area contributed by atoms with Gasteiger partial charge in [-0.2, -0.15) is 5.10 Å². The van der Waals surface area contributed by atoms with Gasteiger partial charge in [-0.1, -0.05) is 0 Å². The quantitative estimate of drug-likeness (QED) is 0.908. The van der Waals surface area contributed by atoms with Crippen molar-refractivity contribution < 1.29 is 4.39 Å². The van der Waals surface area contributed by atoms with Gasteiger partial charge in [-0.3, -0.25) is 4.68 Å². The maximum Gasteiger partial charge on any atom is 0.137 e. The summed E-state index contributed by atoms with van der Waals surface area (Å²) in [6.07, 6.45) is 1.94. The average molecular weight is 327 g/mol. The molecule has 2 rings (SSSR count). The average Bonchev–Trinajstić information content (AvgIpc) is 2.70. The molecule has 2 aromatic rings. The van der Waals surface area contributed by atoms with E-state index in [1.807, 2.05) is 20.2 Å².